The number of halogens is 2. The third kappa shape index (κ3) is 3.46. The molecule has 0 atom stereocenters. The van der Waals surface area contributed by atoms with Gasteiger partial charge in [0.15, 0.2) is 5.82 Å². The zero-order chi connectivity index (χ0) is 19.1. The molecule has 0 radical (unpaired) electrons. The minimum Gasteiger partial charge on any atom is -0.361 e. The molecule has 4 aromatic rings. The maximum absolute atomic E-state index is 6.00. The molecule has 0 saturated heterocycles. The first-order chi connectivity index (χ1) is 13.7. The van der Waals surface area contributed by atoms with Crippen LogP contribution in [0.3, 0.4) is 0 Å². The standard InChI is InChI=1S/C22H18BrClN4/c23-17-3-6-19-16(11-25-20(19)9-17)12-28-8-7-15-10-26-22(27-21(15)13-28)14-1-4-18(24)5-2-14/h1-6,9-11,25H,7-8,12-13H2. The van der Waals surface area contributed by atoms with E-state index < -0.39 is 0 Å². The average molecular weight is 454 g/mol. The fourth-order valence-electron chi connectivity index (χ4n) is 3.76. The van der Waals surface area contributed by atoms with Crippen molar-refractivity contribution < 1.29 is 0 Å². The minimum absolute atomic E-state index is 0.721. The number of hydrogen-bond donors (Lipinski definition) is 1. The Kier molecular flexibility index (Phi) is 4.67. The van der Waals surface area contributed by atoms with Crippen molar-refractivity contribution in [3.63, 3.8) is 0 Å². The summed E-state index contributed by atoms with van der Waals surface area (Å²) in [5.74, 6) is 0.759. The lowest BCUT2D eigenvalue weighted by Crippen LogP contribution is -2.31. The maximum atomic E-state index is 6.00. The maximum Gasteiger partial charge on any atom is 0.159 e. The number of aromatic nitrogens is 3. The number of H-pyrrole nitrogens is 1. The van der Waals surface area contributed by atoms with Crippen molar-refractivity contribution in [2.75, 3.05) is 6.54 Å². The number of nitrogens with zero attached hydrogens (tertiary/aromatic N) is 3. The van der Waals surface area contributed by atoms with Gasteiger partial charge >= 0.3 is 0 Å². The number of rotatable bonds is 3. The highest BCUT2D eigenvalue weighted by atomic mass is 79.9. The summed E-state index contributed by atoms with van der Waals surface area (Å²) in [7, 11) is 0. The Morgan fingerprint density at radius 3 is 2.86 bits per heavy atom. The normalized spacial score (nSPS) is 14.4. The van der Waals surface area contributed by atoms with Crippen LogP contribution in [0.1, 0.15) is 16.8 Å². The van der Waals surface area contributed by atoms with Crippen molar-refractivity contribution in [1.29, 1.82) is 0 Å². The molecule has 6 heteroatoms. The molecule has 0 bridgehead atoms. The highest BCUT2D eigenvalue weighted by molar-refractivity contribution is 9.10. The molecule has 5 rings (SSSR count). The van der Waals surface area contributed by atoms with E-state index in [0.29, 0.717) is 0 Å². The third-order valence-corrected chi connectivity index (χ3v) is 6.00. The minimum atomic E-state index is 0.721. The van der Waals surface area contributed by atoms with Gasteiger partial charge in [0.1, 0.15) is 0 Å². The van der Waals surface area contributed by atoms with E-state index in [9.17, 15) is 0 Å². The van der Waals surface area contributed by atoms with Gasteiger partial charge in [-0.15, -0.1) is 0 Å². The predicted molar refractivity (Wildman–Crippen MR) is 116 cm³/mol. The Hall–Kier alpha value is -2.21. The fraction of sp³-hybridized carbons (Fsp3) is 0.182. The topological polar surface area (TPSA) is 44.8 Å². The van der Waals surface area contributed by atoms with E-state index in [4.69, 9.17) is 16.6 Å². The Labute approximate surface area is 176 Å². The number of fused-ring (bicyclic) bond motifs is 2. The van der Waals surface area contributed by atoms with Crippen LogP contribution < -0.4 is 0 Å². The van der Waals surface area contributed by atoms with Crippen LogP contribution in [0.25, 0.3) is 22.3 Å². The van der Waals surface area contributed by atoms with E-state index >= 15 is 0 Å². The average Bonchev–Trinajstić information content (AvgIpc) is 3.09. The Morgan fingerprint density at radius 2 is 2.00 bits per heavy atom. The molecule has 0 aliphatic carbocycles. The summed E-state index contributed by atoms with van der Waals surface area (Å²) >= 11 is 9.53. The van der Waals surface area contributed by atoms with Crippen LogP contribution in [0.2, 0.25) is 5.02 Å². The van der Waals surface area contributed by atoms with E-state index in [-0.39, 0.29) is 0 Å². The number of hydrogen-bond acceptors (Lipinski definition) is 3. The number of nitrogens with one attached hydrogen (secondary N) is 1. The van der Waals surface area contributed by atoms with Gasteiger partial charge in [-0.3, -0.25) is 4.90 Å². The SMILES string of the molecule is Clc1ccc(-c2ncc3c(n2)CN(Cc2c[nH]c4cc(Br)ccc24)CC3)cc1. The smallest absolute Gasteiger partial charge is 0.159 e. The Balaban J connectivity index is 1.39. The highest BCUT2D eigenvalue weighted by Gasteiger charge is 2.20. The molecular formula is C22H18BrClN4. The fourth-order valence-corrected chi connectivity index (χ4v) is 4.25. The summed E-state index contributed by atoms with van der Waals surface area (Å²) in [4.78, 5) is 15.2. The molecule has 1 N–H and O–H groups in total. The van der Waals surface area contributed by atoms with E-state index in [0.717, 1.165) is 58.1 Å². The van der Waals surface area contributed by atoms with Crippen molar-refractivity contribution in [2.24, 2.45) is 0 Å². The van der Waals surface area contributed by atoms with Gasteiger partial charge in [-0.25, -0.2) is 9.97 Å². The summed E-state index contributed by atoms with van der Waals surface area (Å²) in [6.07, 6.45) is 5.07. The molecule has 1 aliphatic heterocycles. The molecule has 28 heavy (non-hydrogen) atoms. The van der Waals surface area contributed by atoms with Crippen LogP contribution in [0.5, 0.6) is 0 Å². The molecule has 1 aliphatic rings. The van der Waals surface area contributed by atoms with Crippen LogP contribution in [-0.4, -0.2) is 26.4 Å². The number of aromatic amines is 1. The summed E-state index contributed by atoms with van der Waals surface area (Å²) in [5, 5.41) is 2.00. The van der Waals surface area contributed by atoms with Crippen LogP contribution in [0.4, 0.5) is 0 Å². The van der Waals surface area contributed by atoms with E-state index in [1.54, 1.807) is 0 Å². The second-order valence-electron chi connectivity index (χ2n) is 7.14. The van der Waals surface area contributed by atoms with Gasteiger partial charge < -0.3 is 4.98 Å². The lowest BCUT2D eigenvalue weighted by Gasteiger charge is -2.27. The summed E-state index contributed by atoms with van der Waals surface area (Å²) < 4.78 is 1.09. The van der Waals surface area contributed by atoms with Gasteiger partial charge in [0.25, 0.3) is 0 Å². The van der Waals surface area contributed by atoms with Crippen LogP contribution in [-0.2, 0) is 19.5 Å². The molecule has 140 valence electrons. The van der Waals surface area contributed by atoms with Crippen molar-refractivity contribution in [3.05, 3.63) is 81.2 Å². The van der Waals surface area contributed by atoms with Gasteiger partial charge in [-0.05, 0) is 53.9 Å². The summed E-state index contributed by atoms with van der Waals surface area (Å²) in [5.41, 5.74) is 5.84. The van der Waals surface area contributed by atoms with Gasteiger partial charge in [-0.2, -0.15) is 0 Å². The zero-order valence-electron chi connectivity index (χ0n) is 15.1. The summed E-state index contributed by atoms with van der Waals surface area (Å²) in [6, 6.07) is 14.1. The lowest BCUT2D eigenvalue weighted by atomic mass is 10.1. The van der Waals surface area contributed by atoms with Crippen molar-refractivity contribution in [1.82, 2.24) is 19.9 Å². The number of benzene rings is 2. The molecule has 0 unspecified atom stereocenters. The van der Waals surface area contributed by atoms with Gasteiger partial charge in [-0.1, -0.05) is 33.6 Å². The van der Waals surface area contributed by atoms with Crippen LogP contribution in [0.15, 0.2) is 59.3 Å². The monoisotopic (exact) mass is 452 g/mol. The largest absolute Gasteiger partial charge is 0.361 e. The lowest BCUT2D eigenvalue weighted by molar-refractivity contribution is 0.242. The molecule has 4 nitrogen and oxygen atoms in total. The first kappa shape index (κ1) is 17.9. The molecule has 2 aromatic heterocycles. The molecule has 2 aromatic carbocycles. The van der Waals surface area contributed by atoms with Crippen LogP contribution >= 0.6 is 27.5 Å². The first-order valence-corrected chi connectivity index (χ1v) is 10.4. The highest BCUT2D eigenvalue weighted by Crippen LogP contribution is 2.26. The predicted octanol–water partition coefficient (Wildman–Crippen LogP) is 5.60. The van der Waals surface area contributed by atoms with E-state index in [1.807, 2.05) is 30.5 Å². The van der Waals surface area contributed by atoms with E-state index in [1.165, 1.54) is 16.5 Å². The second-order valence-corrected chi connectivity index (χ2v) is 8.49. The van der Waals surface area contributed by atoms with Gasteiger partial charge in [0.05, 0.1) is 5.69 Å². The van der Waals surface area contributed by atoms with Gasteiger partial charge in [0.2, 0.25) is 0 Å². The first-order valence-electron chi connectivity index (χ1n) is 9.24. The third-order valence-electron chi connectivity index (χ3n) is 5.25. The molecular weight excluding hydrogens is 436 g/mol. The molecule has 0 amide bonds. The summed E-state index contributed by atoms with van der Waals surface area (Å²) in [6.45, 7) is 2.75. The van der Waals surface area contributed by atoms with Crippen molar-refractivity contribution in [3.8, 4) is 11.4 Å². The zero-order valence-corrected chi connectivity index (χ0v) is 17.5. The quantitative estimate of drug-likeness (QED) is 0.439. The van der Waals surface area contributed by atoms with Gasteiger partial charge in [0, 0.05) is 58.0 Å². The molecule has 3 heterocycles. The van der Waals surface area contributed by atoms with E-state index in [2.05, 4.69) is 55.2 Å². The molecule has 0 saturated carbocycles. The Bertz CT molecular complexity index is 1150. The van der Waals surface area contributed by atoms with Crippen molar-refractivity contribution in [2.45, 2.75) is 19.5 Å². The second kappa shape index (κ2) is 7.32. The van der Waals surface area contributed by atoms with Crippen molar-refractivity contribution >= 4 is 38.4 Å². The molecule has 0 spiro atoms. The van der Waals surface area contributed by atoms with Crippen LogP contribution in [0, 0.1) is 0 Å². The Morgan fingerprint density at radius 1 is 1.14 bits per heavy atom. The molecule has 0 fully saturated rings.